The Hall–Kier alpha value is -0.120. The lowest BCUT2D eigenvalue weighted by atomic mass is 10.7. The van der Waals surface area contributed by atoms with Crippen molar-refractivity contribution in [3.63, 3.8) is 0 Å². The molecule has 0 aliphatic rings. The van der Waals surface area contributed by atoms with E-state index in [1.54, 1.807) is 5.48 Å². The lowest BCUT2D eigenvalue weighted by Crippen LogP contribution is -2.09. The van der Waals surface area contributed by atoms with Crippen LogP contribution in [0.2, 0.25) is 0 Å². The van der Waals surface area contributed by atoms with E-state index in [2.05, 4.69) is 19.2 Å². The number of hydrogen-bond acceptors (Lipinski definition) is 3. The van der Waals surface area contributed by atoms with Gasteiger partial charge in [-0.2, -0.15) is 0 Å². The Morgan fingerprint density at radius 1 is 1.25 bits per heavy atom. The van der Waals surface area contributed by atoms with Crippen LogP contribution in [0, 0.1) is 0 Å². The molecule has 52 valence electrons. The molecular weight excluding hydrogens is 104 g/mol. The van der Waals surface area contributed by atoms with Gasteiger partial charge in [0, 0.05) is 7.05 Å². The average molecular weight is 120 g/mol. The van der Waals surface area contributed by atoms with Gasteiger partial charge in [-0.05, 0) is 13.1 Å². The lowest BCUT2D eigenvalue weighted by molar-refractivity contribution is 0.194. The summed E-state index contributed by atoms with van der Waals surface area (Å²) in [5.74, 6) is 0. The maximum absolute atomic E-state index is 7.32. The fourth-order valence-corrected chi connectivity index (χ4v) is 0.250. The molecule has 0 rings (SSSR count). The SMILES string of the molecule is CCNCC.CNO. The summed E-state index contributed by atoms with van der Waals surface area (Å²) in [5, 5.41) is 10.4. The Bertz CT molecular complexity index is 24.4. The van der Waals surface area contributed by atoms with Gasteiger partial charge in [-0.15, -0.1) is 0 Å². The predicted molar refractivity (Wildman–Crippen MR) is 35.1 cm³/mol. The highest BCUT2D eigenvalue weighted by Gasteiger charge is 1.62. The molecule has 0 aromatic rings. The van der Waals surface area contributed by atoms with Gasteiger partial charge in [0.1, 0.15) is 0 Å². The summed E-state index contributed by atoms with van der Waals surface area (Å²) in [6, 6.07) is 0. The first-order valence-electron chi connectivity index (χ1n) is 2.84. The average Bonchev–Trinajstić information content (AvgIpc) is 1.71. The molecule has 0 aliphatic heterocycles. The first kappa shape index (κ1) is 10.8. The lowest BCUT2D eigenvalue weighted by Gasteiger charge is -1.86. The first-order chi connectivity index (χ1) is 3.83. The van der Waals surface area contributed by atoms with Gasteiger partial charge in [-0.3, -0.25) is 0 Å². The minimum Gasteiger partial charge on any atom is -0.317 e. The van der Waals surface area contributed by atoms with Gasteiger partial charge >= 0.3 is 0 Å². The first-order valence-corrected chi connectivity index (χ1v) is 2.84. The highest BCUT2D eigenvalue weighted by molar-refractivity contribution is 4.27. The van der Waals surface area contributed by atoms with E-state index in [9.17, 15) is 0 Å². The largest absolute Gasteiger partial charge is 0.317 e. The maximum Gasteiger partial charge on any atom is 0.00929 e. The Balaban J connectivity index is 0. The van der Waals surface area contributed by atoms with Crippen LogP contribution in [0.25, 0.3) is 0 Å². The second kappa shape index (κ2) is 15.8. The summed E-state index contributed by atoms with van der Waals surface area (Å²) in [6.45, 7) is 6.39. The molecular formula is C5H16N2O. The topological polar surface area (TPSA) is 44.3 Å². The third-order valence-electron chi connectivity index (χ3n) is 0.500. The Morgan fingerprint density at radius 2 is 1.50 bits per heavy atom. The quantitative estimate of drug-likeness (QED) is 0.456. The fourth-order valence-electron chi connectivity index (χ4n) is 0.250. The molecule has 0 amide bonds. The molecule has 0 spiro atoms. The summed E-state index contributed by atoms with van der Waals surface area (Å²) in [7, 11) is 1.43. The summed E-state index contributed by atoms with van der Waals surface area (Å²) < 4.78 is 0. The van der Waals surface area contributed by atoms with Crippen molar-refractivity contribution >= 4 is 0 Å². The van der Waals surface area contributed by atoms with Crippen molar-refractivity contribution in [2.45, 2.75) is 13.8 Å². The van der Waals surface area contributed by atoms with Crippen LogP contribution in [0.4, 0.5) is 0 Å². The molecule has 3 N–H and O–H groups in total. The Kier molecular flexibility index (Phi) is 21.3. The summed E-state index contributed by atoms with van der Waals surface area (Å²) in [4.78, 5) is 0. The van der Waals surface area contributed by atoms with Crippen molar-refractivity contribution in [3.05, 3.63) is 0 Å². The predicted octanol–water partition coefficient (Wildman–Crippen LogP) is 0.211. The van der Waals surface area contributed by atoms with Crippen LogP contribution in [0.5, 0.6) is 0 Å². The van der Waals surface area contributed by atoms with Gasteiger partial charge in [0.25, 0.3) is 0 Å². The second-order valence-corrected chi connectivity index (χ2v) is 1.18. The Morgan fingerprint density at radius 3 is 1.50 bits per heavy atom. The third-order valence-corrected chi connectivity index (χ3v) is 0.500. The van der Waals surface area contributed by atoms with E-state index in [1.807, 2.05) is 0 Å². The van der Waals surface area contributed by atoms with Gasteiger partial charge in [-0.25, -0.2) is 5.48 Å². The van der Waals surface area contributed by atoms with E-state index in [0.717, 1.165) is 13.1 Å². The van der Waals surface area contributed by atoms with Crippen molar-refractivity contribution in [2.24, 2.45) is 0 Å². The molecule has 0 saturated carbocycles. The zero-order chi connectivity index (χ0) is 6.83. The highest BCUT2D eigenvalue weighted by atomic mass is 16.5. The fraction of sp³-hybridized carbons (Fsp3) is 1.00. The molecule has 0 aromatic carbocycles. The number of hydroxylamine groups is 1. The number of rotatable bonds is 2. The van der Waals surface area contributed by atoms with E-state index in [1.165, 1.54) is 7.05 Å². The van der Waals surface area contributed by atoms with E-state index < -0.39 is 0 Å². The van der Waals surface area contributed by atoms with Crippen molar-refractivity contribution < 1.29 is 5.21 Å². The van der Waals surface area contributed by atoms with Crippen LogP contribution in [0.3, 0.4) is 0 Å². The number of nitrogens with one attached hydrogen (secondary N) is 2. The van der Waals surface area contributed by atoms with Crippen LogP contribution >= 0.6 is 0 Å². The molecule has 0 atom stereocenters. The van der Waals surface area contributed by atoms with Crippen LogP contribution in [0.1, 0.15) is 13.8 Å². The van der Waals surface area contributed by atoms with Gasteiger partial charge in [-0.1, -0.05) is 13.8 Å². The van der Waals surface area contributed by atoms with Crippen molar-refractivity contribution in [3.8, 4) is 0 Å². The molecule has 0 aliphatic carbocycles. The summed E-state index contributed by atoms with van der Waals surface area (Å²) in [6.07, 6.45) is 0. The summed E-state index contributed by atoms with van der Waals surface area (Å²) >= 11 is 0. The maximum atomic E-state index is 7.32. The van der Waals surface area contributed by atoms with Crippen molar-refractivity contribution in [1.82, 2.24) is 10.8 Å². The van der Waals surface area contributed by atoms with Gasteiger partial charge in [0.2, 0.25) is 0 Å². The molecule has 8 heavy (non-hydrogen) atoms. The van der Waals surface area contributed by atoms with Crippen molar-refractivity contribution in [2.75, 3.05) is 20.1 Å². The van der Waals surface area contributed by atoms with Crippen LogP contribution in [-0.4, -0.2) is 25.3 Å². The smallest absolute Gasteiger partial charge is 0.00929 e. The zero-order valence-corrected chi connectivity index (χ0v) is 5.86. The molecule has 0 heterocycles. The summed E-state index contributed by atoms with van der Waals surface area (Å²) in [5.41, 5.74) is 1.75. The minimum absolute atomic E-state index is 1.09. The van der Waals surface area contributed by atoms with Gasteiger partial charge in [0.15, 0.2) is 0 Å². The van der Waals surface area contributed by atoms with Gasteiger partial charge in [0.05, 0.1) is 0 Å². The normalized spacial score (nSPS) is 7.50. The van der Waals surface area contributed by atoms with Crippen molar-refractivity contribution in [1.29, 1.82) is 0 Å². The third kappa shape index (κ3) is 39.6. The molecule has 0 unspecified atom stereocenters. The Labute approximate surface area is 51.1 Å². The van der Waals surface area contributed by atoms with E-state index >= 15 is 0 Å². The van der Waals surface area contributed by atoms with Gasteiger partial charge < -0.3 is 10.5 Å². The molecule has 0 bridgehead atoms. The zero-order valence-electron chi connectivity index (χ0n) is 5.86. The van der Waals surface area contributed by atoms with E-state index in [-0.39, 0.29) is 0 Å². The molecule has 0 fully saturated rings. The minimum atomic E-state index is 1.09. The highest BCUT2D eigenvalue weighted by Crippen LogP contribution is 1.47. The molecule has 0 aromatic heterocycles. The monoisotopic (exact) mass is 120 g/mol. The molecule has 0 saturated heterocycles. The van der Waals surface area contributed by atoms with E-state index in [4.69, 9.17) is 5.21 Å². The van der Waals surface area contributed by atoms with Crippen LogP contribution in [0.15, 0.2) is 0 Å². The molecule has 0 radical (unpaired) electrons. The van der Waals surface area contributed by atoms with Crippen LogP contribution in [-0.2, 0) is 0 Å². The van der Waals surface area contributed by atoms with E-state index in [0.29, 0.717) is 0 Å². The van der Waals surface area contributed by atoms with Crippen LogP contribution < -0.4 is 10.8 Å². The molecule has 3 heteroatoms. The standard InChI is InChI=1S/C4H11N.CH5NO/c1-3-5-4-2;1-2-3/h5H,3-4H2,1-2H3;2-3H,1H3. The second-order valence-electron chi connectivity index (χ2n) is 1.18. The number of hydrogen-bond donors (Lipinski definition) is 3. The molecule has 3 nitrogen and oxygen atoms in total.